The van der Waals surface area contributed by atoms with E-state index < -0.39 is 17.5 Å². The fraction of sp³-hybridized carbons (Fsp3) is 0.333. The molecule has 0 aromatic heterocycles. The lowest BCUT2D eigenvalue weighted by Gasteiger charge is -2.43. The summed E-state index contributed by atoms with van der Waals surface area (Å²) in [6, 6.07) is 14.2. The van der Waals surface area contributed by atoms with Crippen LogP contribution in [0.25, 0.3) is 0 Å². The number of carboxylic acid groups (broad SMARTS) is 1. The highest BCUT2D eigenvalue weighted by Gasteiger charge is 2.49. The maximum atomic E-state index is 12.9. The Morgan fingerprint density at radius 2 is 1.86 bits per heavy atom. The highest BCUT2D eigenvalue weighted by Crippen LogP contribution is 2.37. The summed E-state index contributed by atoms with van der Waals surface area (Å²) < 4.78 is 10.6. The van der Waals surface area contributed by atoms with Crippen LogP contribution in [0.2, 0.25) is 0 Å². The molecule has 28 heavy (non-hydrogen) atoms. The minimum absolute atomic E-state index is 0.0353. The monoisotopic (exact) mass is 383 g/mol. The maximum Gasteiger partial charge on any atom is 0.312 e. The molecule has 2 atom stereocenters. The topological polar surface area (TPSA) is 96.3 Å². The van der Waals surface area contributed by atoms with Crippen LogP contribution in [0, 0.1) is 5.41 Å². The predicted molar refractivity (Wildman–Crippen MR) is 99.3 cm³/mol. The van der Waals surface area contributed by atoms with Crippen molar-refractivity contribution in [1.82, 2.24) is 4.90 Å². The summed E-state index contributed by atoms with van der Waals surface area (Å²) in [5, 5.41) is 20.6. The molecule has 1 amide bonds. The van der Waals surface area contributed by atoms with Crippen molar-refractivity contribution in [3.8, 4) is 11.5 Å². The molecule has 1 fully saturated rings. The van der Waals surface area contributed by atoms with Gasteiger partial charge in [0.2, 0.25) is 6.79 Å². The lowest BCUT2D eigenvalue weighted by Crippen LogP contribution is -2.57. The number of carboxylic acids is 1. The number of β-amino-alcohol motifs (C(OH)–C–C–N with tert-alkyl or cyclic N) is 1. The number of benzene rings is 2. The third-order valence-corrected chi connectivity index (χ3v) is 5.55. The van der Waals surface area contributed by atoms with Gasteiger partial charge in [0.1, 0.15) is 5.41 Å². The van der Waals surface area contributed by atoms with Gasteiger partial charge in [0.05, 0.1) is 6.10 Å². The molecule has 2 aliphatic heterocycles. The molecule has 0 radical (unpaired) electrons. The molecular weight excluding hydrogens is 362 g/mol. The van der Waals surface area contributed by atoms with Crippen molar-refractivity contribution < 1.29 is 29.3 Å². The minimum Gasteiger partial charge on any atom is -0.481 e. The molecule has 2 aromatic rings. The second kappa shape index (κ2) is 7.16. The molecule has 0 saturated carbocycles. The molecule has 7 nitrogen and oxygen atoms in total. The lowest BCUT2D eigenvalue weighted by atomic mass is 9.71. The van der Waals surface area contributed by atoms with Gasteiger partial charge in [-0.3, -0.25) is 9.59 Å². The molecule has 146 valence electrons. The van der Waals surface area contributed by atoms with Gasteiger partial charge in [0, 0.05) is 18.7 Å². The largest absolute Gasteiger partial charge is 0.481 e. The lowest BCUT2D eigenvalue weighted by molar-refractivity contribution is -0.161. The standard InChI is InChI=1S/C21H21NO6/c23-18-12-22(19(24)15-6-7-16-17(10-15)28-13-27-16)9-8-21(18,20(25)26)11-14-4-2-1-3-5-14/h1-7,10,18,23H,8-9,11-13H2,(H,25,26)/t18-,21+/m0/s1. The Hall–Kier alpha value is -3.06. The van der Waals surface area contributed by atoms with Crippen molar-refractivity contribution in [3.05, 3.63) is 59.7 Å². The molecule has 4 rings (SSSR count). The van der Waals surface area contributed by atoms with Gasteiger partial charge in [-0.2, -0.15) is 0 Å². The van der Waals surface area contributed by atoms with E-state index in [2.05, 4.69) is 0 Å². The zero-order chi connectivity index (χ0) is 19.7. The molecule has 0 unspecified atom stereocenters. The smallest absolute Gasteiger partial charge is 0.312 e. The van der Waals surface area contributed by atoms with Crippen LogP contribution in [0.15, 0.2) is 48.5 Å². The first kappa shape index (κ1) is 18.3. The van der Waals surface area contributed by atoms with Crippen LogP contribution in [-0.2, 0) is 11.2 Å². The van der Waals surface area contributed by atoms with E-state index in [4.69, 9.17) is 9.47 Å². The molecule has 2 heterocycles. The molecule has 2 aromatic carbocycles. The SMILES string of the molecule is O=C(c1ccc2c(c1)OCO2)N1CC[C@](Cc2ccccc2)(C(=O)O)[C@@H](O)C1. The summed E-state index contributed by atoms with van der Waals surface area (Å²) in [6.07, 6.45) is -0.776. The first-order valence-electron chi connectivity index (χ1n) is 9.14. The van der Waals surface area contributed by atoms with Gasteiger partial charge in [-0.15, -0.1) is 0 Å². The van der Waals surface area contributed by atoms with E-state index in [1.165, 1.54) is 4.90 Å². The molecule has 0 spiro atoms. The van der Waals surface area contributed by atoms with Crippen LogP contribution in [0.4, 0.5) is 0 Å². The second-order valence-corrected chi connectivity index (χ2v) is 7.21. The molecule has 1 saturated heterocycles. The summed E-state index contributed by atoms with van der Waals surface area (Å²) in [5.74, 6) is -0.217. The van der Waals surface area contributed by atoms with E-state index in [-0.39, 0.29) is 38.6 Å². The molecule has 2 aliphatic rings. The highest BCUT2D eigenvalue weighted by molar-refractivity contribution is 5.95. The Kier molecular flexibility index (Phi) is 4.68. The number of amides is 1. The summed E-state index contributed by atoms with van der Waals surface area (Å²) in [7, 11) is 0. The first-order valence-corrected chi connectivity index (χ1v) is 9.14. The number of piperidine rings is 1. The van der Waals surface area contributed by atoms with Crippen molar-refractivity contribution in [2.24, 2.45) is 5.41 Å². The van der Waals surface area contributed by atoms with Crippen molar-refractivity contribution >= 4 is 11.9 Å². The van der Waals surface area contributed by atoms with Gasteiger partial charge in [-0.1, -0.05) is 30.3 Å². The molecular formula is C21H21NO6. The van der Waals surface area contributed by atoms with E-state index in [0.29, 0.717) is 17.1 Å². The third-order valence-electron chi connectivity index (χ3n) is 5.55. The molecule has 0 bridgehead atoms. The normalized spacial score (nSPS) is 23.5. The minimum atomic E-state index is -1.31. The maximum absolute atomic E-state index is 12.9. The number of rotatable bonds is 4. The number of nitrogens with zero attached hydrogens (tertiary/aromatic N) is 1. The number of carbonyl (C=O) groups excluding carboxylic acids is 1. The highest BCUT2D eigenvalue weighted by atomic mass is 16.7. The average Bonchev–Trinajstić information content (AvgIpc) is 3.17. The van der Waals surface area contributed by atoms with Gasteiger partial charge in [0.15, 0.2) is 11.5 Å². The quantitative estimate of drug-likeness (QED) is 0.838. The molecule has 0 aliphatic carbocycles. The van der Waals surface area contributed by atoms with E-state index in [0.717, 1.165) is 5.56 Å². The van der Waals surface area contributed by atoms with Crippen LogP contribution in [0.5, 0.6) is 11.5 Å². The fourth-order valence-electron chi connectivity index (χ4n) is 3.86. The van der Waals surface area contributed by atoms with E-state index in [9.17, 15) is 19.8 Å². The van der Waals surface area contributed by atoms with E-state index in [1.54, 1.807) is 18.2 Å². The predicted octanol–water partition coefficient (Wildman–Crippen LogP) is 1.94. The number of aliphatic hydroxyl groups is 1. The zero-order valence-corrected chi connectivity index (χ0v) is 15.2. The Balaban J connectivity index is 1.52. The summed E-state index contributed by atoms with van der Waals surface area (Å²) in [6.45, 7) is 0.339. The number of fused-ring (bicyclic) bond motifs is 1. The number of ether oxygens (including phenoxy) is 2. The van der Waals surface area contributed by atoms with Crippen molar-refractivity contribution in [3.63, 3.8) is 0 Å². The number of aliphatic carboxylic acids is 1. The number of carbonyl (C=O) groups is 2. The number of hydrogen-bond donors (Lipinski definition) is 2. The summed E-state index contributed by atoms with van der Waals surface area (Å²) in [4.78, 5) is 26.4. The Bertz CT molecular complexity index is 899. The number of likely N-dealkylation sites (tertiary alicyclic amines) is 1. The van der Waals surface area contributed by atoms with Gasteiger partial charge in [-0.05, 0) is 36.6 Å². The Labute approximate surface area is 162 Å². The third kappa shape index (κ3) is 3.18. The average molecular weight is 383 g/mol. The van der Waals surface area contributed by atoms with Crippen molar-refractivity contribution in [2.45, 2.75) is 18.9 Å². The zero-order valence-electron chi connectivity index (χ0n) is 15.2. The molecule has 2 N–H and O–H groups in total. The molecule has 7 heteroatoms. The van der Waals surface area contributed by atoms with Gasteiger partial charge in [0.25, 0.3) is 5.91 Å². The fourth-order valence-corrected chi connectivity index (χ4v) is 3.86. The summed E-state index contributed by atoms with van der Waals surface area (Å²) in [5.41, 5.74) is -0.0469. The number of aliphatic hydroxyl groups excluding tert-OH is 1. The van der Waals surface area contributed by atoms with Crippen molar-refractivity contribution in [2.75, 3.05) is 19.9 Å². The van der Waals surface area contributed by atoms with Crippen LogP contribution in [-0.4, -0.2) is 53.0 Å². The van der Waals surface area contributed by atoms with Gasteiger partial charge >= 0.3 is 5.97 Å². The van der Waals surface area contributed by atoms with E-state index in [1.807, 2.05) is 30.3 Å². The van der Waals surface area contributed by atoms with E-state index >= 15 is 0 Å². The van der Waals surface area contributed by atoms with Gasteiger partial charge in [-0.25, -0.2) is 0 Å². The Morgan fingerprint density at radius 3 is 2.57 bits per heavy atom. The summed E-state index contributed by atoms with van der Waals surface area (Å²) >= 11 is 0. The van der Waals surface area contributed by atoms with Crippen LogP contribution in [0.1, 0.15) is 22.3 Å². The van der Waals surface area contributed by atoms with Crippen LogP contribution < -0.4 is 9.47 Å². The first-order chi connectivity index (χ1) is 13.5. The Morgan fingerprint density at radius 1 is 1.11 bits per heavy atom. The van der Waals surface area contributed by atoms with Crippen molar-refractivity contribution in [1.29, 1.82) is 0 Å². The van der Waals surface area contributed by atoms with Crippen LogP contribution >= 0.6 is 0 Å². The van der Waals surface area contributed by atoms with Crippen LogP contribution in [0.3, 0.4) is 0 Å². The number of hydrogen-bond acceptors (Lipinski definition) is 5. The van der Waals surface area contributed by atoms with Gasteiger partial charge < -0.3 is 24.6 Å². The second-order valence-electron chi connectivity index (χ2n) is 7.21.